The Morgan fingerprint density at radius 2 is 2.00 bits per heavy atom. The highest BCUT2D eigenvalue weighted by Crippen LogP contribution is 2.08. The third-order valence-corrected chi connectivity index (χ3v) is 2.92. The van der Waals surface area contributed by atoms with Gasteiger partial charge in [-0.05, 0) is 19.8 Å². The van der Waals surface area contributed by atoms with Crippen LogP contribution in [0.1, 0.15) is 52.4 Å². The van der Waals surface area contributed by atoms with Crippen molar-refractivity contribution in [3.8, 4) is 0 Å². The van der Waals surface area contributed by atoms with E-state index in [-0.39, 0.29) is 18.9 Å². The van der Waals surface area contributed by atoms with Crippen LogP contribution in [0.15, 0.2) is 12.2 Å². The van der Waals surface area contributed by atoms with E-state index in [2.05, 4.69) is 12.2 Å². The highest BCUT2D eigenvalue weighted by atomic mass is 16.3. The lowest BCUT2D eigenvalue weighted by atomic mass is 10.0. The molecule has 116 valence electrons. The van der Waals surface area contributed by atoms with Gasteiger partial charge >= 0.3 is 0 Å². The first-order valence-corrected chi connectivity index (χ1v) is 7.38. The standard InChI is InChI=1S/C15H28N2O3/c1-3-4-5-6-7-8-9-13(10-14(16)19)15(20)17-11-12(2)18/h8-9,12-13,18H,3-7,10-11H2,1-2H3,(H2,16,19)(H,17,20). The minimum atomic E-state index is -0.605. The molecule has 20 heavy (non-hydrogen) atoms. The molecule has 4 N–H and O–H groups in total. The van der Waals surface area contributed by atoms with Crippen LogP contribution in [-0.4, -0.2) is 29.6 Å². The van der Waals surface area contributed by atoms with Crippen molar-refractivity contribution in [1.29, 1.82) is 0 Å². The zero-order chi connectivity index (χ0) is 15.4. The Morgan fingerprint density at radius 1 is 1.30 bits per heavy atom. The van der Waals surface area contributed by atoms with Crippen LogP contribution in [0.4, 0.5) is 0 Å². The Morgan fingerprint density at radius 3 is 2.55 bits per heavy atom. The van der Waals surface area contributed by atoms with E-state index in [1.165, 1.54) is 19.3 Å². The predicted octanol–water partition coefficient (Wildman–Crippen LogP) is 1.50. The van der Waals surface area contributed by atoms with Gasteiger partial charge in [0, 0.05) is 13.0 Å². The molecule has 5 heteroatoms. The van der Waals surface area contributed by atoms with E-state index < -0.39 is 17.9 Å². The SMILES string of the molecule is CCCCCCC=CC(CC(N)=O)C(=O)NCC(C)O. The molecule has 0 aliphatic heterocycles. The fourth-order valence-electron chi connectivity index (χ4n) is 1.79. The van der Waals surface area contributed by atoms with Gasteiger partial charge in [0.2, 0.25) is 11.8 Å². The fraction of sp³-hybridized carbons (Fsp3) is 0.733. The van der Waals surface area contributed by atoms with Crippen molar-refractivity contribution in [1.82, 2.24) is 5.32 Å². The highest BCUT2D eigenvalue weighted by molar-refractivity contribution is 5.86. The minimum Gasteiger partial charge on any atom is -0.392 e. The maximum Gasteiger partial charge on any atom is 0.227 e. The first-order valence-electron chi connectivity index (χ1n) is 7.38. The number of hydrogen-bond donors (Lipinski definition) is 3. The van der Waals surface area contributed by atoms with Crippen molar-refractivity contribution in [3.05, 3.63) is 12.2 Å². The number of carbonyl (C=O) groups is 2. The molecule has 0 heterocycles. The van der Waals surface area contributed by atoms with Crippen LogP contribution < -0.4 is 11.1 Å². The lowest BCUT2D eigenvalue weighted by Crippen LogP contribution is -2.36. The van der Waals surface area contributed by atoms with E-state index in [0.717, 1.165) is 12.8 Å². The van der Waals surface area contributed by atoms with Gasteiger partial charge in [-0.25, -0.2) is 0 Å². The number of primary amides is 1. The maximum absolute atomic E-state index is 11.9. The molecule has 0 saturated heterocycles. The molecule has 0 spiro atoms. The molecular formula is C15H28N2O3. The van der Waals surface area contributed by atoms with Gasteiger partial charge in [-0.3, -0.25) is 9.59 Å². The van der Waals surface area contributed by atoms with Gasteiger partial charge in [-0.1, -0.05) is 38.3 Å². The molecule has 2 atom stereocenters. The first kappa shape index (κ1) is 18.6. The summed E-state index contributed by atoms with van der Waals surface area (Å²) in [7, 11) is 0. The largest absolute Gasteiger partial charge is 0.392 e. The summed E-state index contributed by atoms with van der Waals surface area (Å²) in [6.07, 6.45) is 8.64. The quantitative estimate of drug-likeness (QED) is 0.396. The van der Waals surface area contributed by atoms with Gasteiger partial charge in [0.15, 0.2) is 0 Å². The first-order chi connectivity index (χ1) is 9.47. The molecule has 5 nitrogen and oxygen atoms in total. The summed E-state index contributed by atoms with van der Waals surface area (Å²) in [5.41, 5.74) is 5.15. The van der Waals surface area contributed by atoms with E-state index >= 15 is 0 Å². The van der Waals surface area contributed by atoms with Crippen molar-refractivity contribution in [2.24, 2.45) is 11.7 Å². The molecule has 2 unspecified atom stereocenters. The molecular weight excluding hydrogens is 256 g/mol. The predicted molar refractivity (Wildman–Crippen MR) is 79.9 cm³/mol. The van der Waals surface area contributed by atoms with Crippen LogP contribution >= 0.6 is 0 Å². The van der Waals surface area contributed by atoms with Gasteiger partial charge in [0.1, 0.15) is 0 Å². The molecule has 0 fully saturated rings. The highest BCUT2D eigenvalue weighted by Gasteiger charge is 2.17. The fourth-order valence-corrected chi connectivity index (χ4v) is 1.79. The number of hydrogen-bond acceptors (Lipinski definition) is 3. The Kier molecular flexibility index (Phi) is 10.7. The average Bonchev–Trinajstić information content (AvgIpc) is 2.38. The summed E-state index contributed by atoms with van der Waals surface area (Å²) >= 11 is 0. The molecule has 0 aromatic heterocycles. The molecule has 0 aliphatic carbocycles. The molecule has 0 aromatic rings. The Hall–Kier alpha value is -1.36. The van der Waals surface area contributed by atoms with E-state index in [0.29, 0.717) is 0 Å². The summed E-state index contributed by atoms with van der Waals surface area (Å²) in [5, 5.41) is 11.7. The number of nitrogens with one attached hydrogen (secondary N) is 1. The van der Waals surface area contributed by atoms with Crippen LogP contribution in [0.3, 0.4) is 0 Å². The second kappa shape index (κ2) is 11.5. The number of amides is 2. The summed E-state index contributed by atoms with van der Waals surface area (Å²) in [5.74, 6) is -1.32. The Labute approximate surface area is 121 Å². The summed E-state index contributed by atoms with van der Waals surface area (Å²) in [4.78, 5) is 22.9. The normalized spacial score (nSPS) is 14.2. The summed E-state index contributed by atoms with van der Waals surface area (Å²) < 4.78 is 0. The average molecular weight is 284 g/mol. The van der Waals surface area contributed by atoms with E-state index in [9.17, 15) is 9.59 Å². The Balaban J connectivity index is 4.22. The van der Waals surface area contributed by atoms with Gasteiger partial charge in [0.25, 0.3) is 0 Å². The third-order valence-electron chi connectivity index (χ3n) is 2.92. The van der Waals surface area contributed by atoms with Crippen molar-refractivity contribution >= 4 is 11.8 Å². The minimum absolute atomic E-state index is 0.00287. The molecule has 0 rings (SSSR count). The molecule has 0 saturated carbocycles. The Bertz CT molecular complexity index is 314. The van der Waals surface area contributed by atoms with Crippen molar-refractivity contribution in [3.63, 3.8) is 0 Å². The number of unbranched alkanes of at least 4 members (excludes halogenated alkanes) is 4. The van der Waals surface area contributed by atoms with Crippen molar-refractivity contribution < 1.29 is 14.7 Å². The van der Waals surface area contributed by atoms with E-state index in [1.807, 2.05) is 6.08 Å². The smallest absolute Gasteiger partial charge is 0.227 e. The molecule has 0 radical (unpaired) electrons. The lowest BCUT2D eigenvalue weighted by Gasteiger charge is -2.12. The third kappa shape index (κ3) is 10.6. The molecule has 0 aromatic carbocycles. The second-order valence-corrected chi connectivity index (χ2v) is 5.15. The zero-order valence-corrected chi connectivity index (χ0v) is 12.6. The maximum atomic E-state index is 11.9. The summed E-state index contributed by atoms with van der Waals surface area (Å²) in [6.45, 7) is 3.93. The number of aliphatic hydroxyl groups excluding tert-OH is 1. The second-order valence-electron chi connectivity index (χ2n) is 5.15. The lowest BCUT2D eigenvalue weighted by molar-refractivity contribution is -0.128. The van der Waals surface area contributed by atoms with Crippen LogP contribution in [-0.2, 0) is 9.59 Å². The number of carbonyl (C=O) groups excluding carboxylic acids is 2. The van der Waals surface area contributed by atoms with Crippen LogP contribution in [0.25, 0.3) is 0 Å². The van der Waals surface area contributed by atoms with Crippen LogP contribution in [0, 0.1) is 5.92 Å². The van der Waals surface area contributed by atoms with E-state index in [1.54, 1.807) is 13.0 Å². The zero-order valence-electron chi connectivity index (χ0n) is 12.6. The van der Waals surface area contributed by atoms with Crippen molar-refractivity contribution in [2.45, 2.75) is 58.5 Å². The topological polar surface area (TPSA) is 92.4 Å². The van der Waals surface area contributed by atoms with Gasteiger partial charge < -0.3 is 16.2 Å². The van der Waals surface area contributed by atoms with Gasteiger partial charge in [-0.2, -0.15) is 0 Å². The number of rotatable bonds is 11. The number of allylic oxidation sites excluding steroid dienone is 1. The van der Waals surface area contributed by atoms with Gasteiger partial charge in [-0.15, -0.1) is 0 Å². The van der Waals surface area contributed by atoms with Crippen LogP contribution in [0.2, 0.25) is 0 Å². The molecule has 2 amide bonds. The number of aliphatic hydroxyl groups is 1. The number of nitrogens with two attached hydrogens (primary N) is 1. The van der Waals surface area contributed by atoms with Crippen molar-refractivity contribution in [2.75, 3.05) is 6.54 Å². The van der Waals surface area contributed by atoms with E-state index in [4.69, 9.17) is 10.8 Å². The molecule has 0 bridgehead atoms. The summed E-state index contributed by atoms with van der Waals surface area (Å²) in [6, 6.07) is 0. The molecule has 0 aliphatic rings. The van der Waals surface area contributed by atoms with Crippen LogP contribution in [0.5, 0.6) is 0 Å². The van der Waals surface area contributed by atoms with Gasteiger partial charge in [0.05, 0.1) is 12.0 Å². The monoisotopic (exact) mass is 284 g/mol.